The third kappa shape index (κ3) is 2.54. The van der Waals surface area contributed by atoms with E-state index in [2.05, 4.69) is 0 Å². The molecule has 0 spiro atoms. The van der Waals surface area contributed by atoms with Crippen LogP contribution >= 0.6 is 0 Å². The second-order valence-electron chi connectivity index (χ2n) is 5.00. The smallest absolute Gasteiger partial charge is 0.374 e. The topological polar surface area (TPSA) is 59.8 Å². The highest BCUT2D eigenvalue weighted by Gasteiger charge is 2.31. The molecule has 1 aromatic heterocycles. The van der Waals surface area contributed by atoms with Gasteiger partial charge < -0.3 is 14.1 Å². The normalized spacial score (nSPS) is 16.6. The molecule has 0 fully saturated rings. The lowest BCUT2D eigenvalue weighted by molar-refractivity contribution is -0.122. The summed E-state index contributed by atoms with van der Waals surface area (Å²) in [4.78, 5) is 25.7. The van der Waals surface area contributed by atoms with Gasteiger partial charge in [-0.2, -0.15) is 0 Å². The molecule has 2 aromatic rings. The molecular formula is C16H15NO4. The summed E-state index contributed by atoms with van der Waals surface area (Å²) in [5, 5.41) is 0. The molecule has 2 heterocycles. The van der Waals surface area contributed by atoms with Gasteiger partial charge in [-0.25, -0.2) is 4.79 Å². The number of carbonyl (C=O) groups excluding carboxylic acids is 2. The third-order valence-corrected chi connectivity index (χ3v) is 3.53. The van der Waals surface area contributed by atoms with Gasteiger partial charge in [0.2, 0.25) is 5.76 Å². The van der Waals surface area contributed by atoms with Crippen molar-refractivity contribution in [3.63, 3.8) is 0 Å². The Kier molecular flexibility index (Phi) is 3.48. The number of carbonyl (C=O) groups is 2. The van der Waals surface area contributed by atoms with Crippen molar-refractivity contribution >= 4 is 17.6 Å². The summed E-state index contributed by atoms with van der Waals surface area (Å²) in [6, 6.07) is 10.9. The average Bonchev–Trinajstić information content (AvgIpc) is 3.10. The summed E-state index contributed by atoms with van der Waals surface area (Å²) in [5.74, 6) is -0.765. The van der Waals surface area contributed by atoms with Crippen LogP contribution in [0.5, 0.6) is 0 Å². The first-order valence-electron chi connectivity index (χ1n) is 6.77. The number of benzene rings is 1. The number of amides is 1. The van der Waals surface area contributed by atoms with E-state index >= 15 is 0 Å². The Morgan fingerprint density at radius 1 is 1.29 bits per heavy atom. The van der Waals surface area contributed by atoms with Gasteiger partial charge in [0, 0.05) is 11.7 Å². The zero-order valence-electron chi connectivity index (χ0n) is 11.6. The number of esters is 1. The van der Waals surface area contributed by atoms with Crippen molar-refractivity contribution in [3.05, 3.63) is 54.0 Å². The summed E-state index contributed by atoms with van der Waals surface area (Å²) in [5.41, 5.74) is 2.03. The van der Waals surface area contributed by atoms with Crippen LogP contribution in [0.3, 0.4) is 0 Å². The molecule has 0 radical (unpaired) electrons. The molecule has 21 heavy (non-hydrogen) atoms. The summed E-state index contributed by atoms with van der Waals surface area (Å²) < 4.78 is 9.93. The Morgan fingerprint density at radius 2 is 2.10 bits per heavy atom. The van der Waals surface area contributed by atoms with Crippen molar-refractivity contribution in [2.24, 2.45) is 0 Å². The predicted molar refractivity (Wildman–Crippen MR) is 76.1 cm³/mol. The lowest BCUT2D eigenvalue weighted by Gasteiger charge is -2.22. The van der Waals surface area contributed by atoms with Gasteiger partial charge in [0.05, 0.1) is 6.26 Å². The highest BCUT2D eigenvalue weighted by molar-refractivity contribution is 5.98. The zero-order chi connectivity index (χ0) is 14.8. The van der Waals surface area contributed by atoms with Crippen molar-refractivity contribution in [3.8, 4) is 0 Å². The fraction of sp³-hybridized carbons (Fsp3) is 0.250. The second-order valence-corrected chi connectivity index (χ2v) is 5.00. The van der Waals surface area contributed by atoms with Crippen LogP contribution < -0.4 is 4.90 Å². The molecule has 0 saturated carbocycles. The van der Waals surface area contributed by atoms with Crippen molar-refractivity contribution in [2.75, 3.05) is 11.5 Å². The molecule has 1 aliphatic heterocycles. The Balaban J connectivity index is 1.67. The fourth-order valence-electron chi connectivity index (χ4n) is 2.61. The van der Waals surface area contributed by atoms with Crippen LogP contribution in [-0.2, 0) is 16.0 Å². The van der Waals surface area contributed by atoms with Gasteiger partial charge in [-0.05, 0) is 37.1 Å². The van der Waals surface area contributed by atoms with E-state index in [0.29, 0.717) is 0 Å². The minimum atomic E-state index is -0.631. The first-order chi connectivity index (χ1) is 10.2. The fourth-order valence-corrected chi connectivity index (χ4v) is 2.61. The van der Waals surface area contributed by atoms with Crippen molar-refractivity contribution < 1.29 is 18.7 Å². The van der Waals surface area contributed by atoms with E-state index in [1.807, 2.05) is 31.2 Å². The van der Waals surface area contributed by atoms with Gasteiger partial charge >= 0.3 is 5.97 Å². The lowest BCUT2D eigenvalue weighted by atomic mass is 10.1. The molecule has 3 rings (SSSR count). The summed E-state index contributed by atoms with van der Waals surface area (Å²) in [7, 11) is 0. The number of furan rings is 1. The molecule has 1 amide bonds. The number of anilines is 1. The summed E-state index contributed by atoms with van der Waals surface area (Å²) >= 11 is 0. The molecule has 1 atom stereocenters. The van der Waals surface area contributed by atoms with Crippen LogP contribution in [0, 0.1) is 0 Å². The van der Waals surface area contributed by atoms with E-state index in [9.17, 15) is 9.59 Å². The number of fused-ring (bicyclic) bond motifs is 1. The molecule has 0 N–H and O–H groups in total. The summed E-state index contributed by atoms with van der Waals surface area (Å²) in [6.07, 6.45) is 2.20. The van der Waals surface area contributed by atoms with Crippen LogP contribution in [0.15, 0.2) is 47.1 Å². The van der Waals surface area contributed by atoms with Crippen molar-refractivity contribution in [1.82, 2.24) is 0 Å². The number of para-hydroxylation sites is 1. The van der Waals surface area contributed by atoms with E-state index in [1.54, 1.807) is 11.0 Å². The molecule has 0 saturated heterocycles. The maximum absolute atomic E-state index is 12.3. The SMILES string of the molecule is CC1Cc2ccccc2N1C(=O)COC(=O)c1ccco1. The maximum Gasteiger partial charge on any atom is 0.374 e. The molecule has 1 aromatic carbocycles. The third-order valence-electron chi connectivity index (χ3n) is 3.53. The molecule has 1 aliphatic rings. The Morgan fingerprint density at radius 3 is 2.86 bits per heavy atom. The molecule has 5 nitrogen and oxygen atoms in total. The van der Waals surface area contributed by atoms with Crippen LogP contribution in [0.4, 0.5) is 5.69 Å². The number of hydrogen-bond acceptors (Lipinski definition) is 4. The summed E-state index contributed by atoms with van der Waals surface area (Å²) in [6.45, 7) is 1.68. The second kappa shape index (κ2) is 5.44. The van der Waals surface area contributed by atoms with Gasteiger partial charge in [-0.3, -0.25) is 4.79 Å². The Labute approximate surface area is 122 Å². The Bertz CT molecular complexity index is 663. The Hall–Kier alpha value is -2.56. The number of ether oxygens (including phenoxy) is 1. The maximum atomic E-state index is 12.3. The first-order valence-corrected chi connectivity index (χ1v) is 6.77. The monoisotopic (exact) mass is 285 g/mol. The van der Waals surface area contributed by atoms with E-state index in [0.717, 1.165) is 17.7 Å². The molecule has 0 aliphatic carbocycles. The molecule has 5 heteroatoms. The zero-order valence-corrected chi connectivity index (χ0v) is 11.6. The van der Waals surface area contributed by atoms with Crippen LogP contribution in [0.1, 0.15) is 23.0 Å². The van der Waals surface area contributed by atoms with Crippen molar-refractivity contribution in [2.45, 2.75) is 19.4 Å². The minimum Gasteiger partial charge on any atom is -0.457 e. The highest BCUT2D eigenvalue weighted by Crippen LogP contribution is 2.31. The van der Waals surface area contributed by atoms with E-state index in [1.165, 1.54) is 12.3 Å². The largest absolute Gasteiger partial charge is 0.457 e. The van der Waals surface area contributed by atoms with Crippen LogP contribution in [0.2, 0.25) is 0 Å². The van der Waals surface area contributed by atoms with Gasteiger partial charge in [-0.1, -0.05) is 18.2 Å². The molecule has 1 unspecified atom stereocenters. The van der Waals surface area contributed by atoms with E-state index in [-0.39, 0.29) is 24.3 Å². The van der Waals surface area contributed by atoms with Gasteiger partial charge in [0.15, 0.2) is 6.61 Å². The number of nitrogens with zero attached hydrogens (tertiary/aromatic N) is 1. The average molecular weight is 285 g/mol. The predicted octanol–water partition coefficient (Wildman–Crippen LogP) is 2.41. The lowest BCUT2D eigenvalue weighted by Crippen LogP contribution is -2.38. The van der Waals surface area contributed by atoms with Gasteiger partial charge in [0.1, 0.15) is 0 Å². The van der Waals surface area contributed by atoms with Crippen LogP contribution in [-0.4, -0.2) is 24.5 Å². The van der Waals surface area contributed by atoms with Gasteiger partial charge in [-0.15, -0.1) is 0 Å². The molecular weight excluding hydrogens is 270 g/mol. The quantitative estimate of drug-likeness (QED) is 0.813. The van der Waals surface area contributed by atoms with Gasteiger partial charge in [0.25, 0.3) is 5.91 Å². The number of hydrogen-bond donors (Lipinski definition) is 0. The standard InChI is InChI=1S/C16H15NO4/c1-11-9-12-5-2-3-6-13(12)17(11)15(18)10-21-16(19)14-7-4-8-20-14/h2-8,11H,9-10H2,1H3. The first kappa shape index (κ1) is 13.4. The highest BCUT2D eigenvalue weighted by atomic mass is 16.5. The molecule has 0 bridgehead atoms. The van der Waals surface area contributed by atoms with Crippen LogP contribution in [0.25, 0.3) is 0 Å². The van der Waals surface area contributed by atoms with E-state index < -0.39 is 5.97 Å². The molecule has 108 valence electrons. The minimum absolute atomic E-state index is 0.0669. The number of rotatable bonds is 3. The van der Waals surface area contributed by atoms with Crippen molar-refractivity contribution in [1.29, 1.82) is 0 Å². The van der Waals surface area contributed by atoms with E-state index in [4.69, 9.17) is 9.15 Å².